The molecule has 0 bridgehead atoms. The summed E-state index contributed by atoms with van der Waals surface area (Å²) in [7, 11) is 3.26. The molecule has 4 nitrogen and oxygen atoms in total. The molecule has 0 aliphatic carbocycles. The van der Waals surface area contributed by atoms with Crippen LogP contribution in [-0.2, 0) is 4.79 Å². The molecule has 0 aromatic heterocycles. The zero-order chi connectivity index (χ0) is 13.1. The summed E-state index contributed by atoms with van der Waals surface area (Å²) in [4.78, 5) is 11.7. The maximum absolute atomic E-state index is 11.7. The van der Waals surface area contributed by atoms with Crippen molar-refractivity contribution in [1.29, 1.82) is 0 Å². The Morgan fingerprint density at radius 2 is 1.83 bits per heavy atom. The fraction of sp³-hybridized carbons (Fsp3) is 0.500. The number of piperidine rings is 1. The van der Waals surface area contributed by atoms with Gasteiger partial charge in [-0.2, -0.15) is 0 Å². The quantitative estimate of drug-likeness (QED) is 0.894. The predicted molar refractivity (Wildman–Crippen MR) is 68.8 cm³/mol. The van der Waals surface area contributed by atoms with E-state index < -0.39 is 0 Å². The van der Waals surface area contributed by atoms with Crippen LogP contribution in [0.4, 0.5) is 0 Å². The van der Waals surface area contributed by atoms with Gasteiger partial charge in [0.05, 0.1) is 25.8 Å². The summed E-state index contributed by atoms with van der Waals surface area (Å²) in [5.74, 6) is 1.98. The zero-order valence-corrected chi connectivity index (χ0v) is 11.0. The first kappa shape index (κ1) is 12.7. The van der Waals surface area contributed by atoms with Crippen molar-refractivity contribution in [3.63, 3.8) is 0 Å². The molecule has 1 heterocycles. The van der Waals surface area contributed by atoms with Gasteiger partial charge in [0.25, 0.3) is 0 Å². The van der Waals surface area contributed by atoms with Gasteiger partial charge in [-0.25, -0.2) is 0 Å². The molecular formula is C14H19NO3. The standard InChI is InChI=1S/C14H19NO3/c1-9-7-10(15-13(16)8-9)14-11(17-2)5-4-6-12(14)18-3/h4-6,9-10H,7-8H2,1-3H3,(H,15,16). The lowest BCUT2D eigenvalue weighted by atomic mass is 9.89. The van der Waals surface area contributed by atoms with Crippen molar-refractivity contribution < 1.29 is 14.3 Å². The smallest absolute Gasteiger partial charge is 0.220 e. The summed E-state index contributed by atoms with van der Waals surface area (Å²) >= 11 is 0. The van der Waals surface area contributed by atoms with E-state index in [9.17, 15) is 4.79 Å². The molecule has 1 aliphatic heterocycles. The molecule has 1 aromatic carbocycles. The van der Waals surface area contributed by atoms with Crippen LogP contribution in [0.25, 0.3) is 0 Å². The highest BCUT2D eigenvalue weighted by atomic mass is 16.5. The van der Waals surface area contributed by atoms with Crippen molar-refractivity contribution in [3.8, 4) is 11.5 Å². The second kappa shape index (κ2) is 5.29. The molecular weight excluding hydrogens is 230 g/mol. The molecule has 98 valence electrons. The van der Waals surface area contributed by atoms with Gasteiger partial charge in [0.2, 0.25) is 5.91 Å². The van der Waals surface area contributed by atoms with Crippen molar-refractivity contribution >= 4 is 5.91 Å². The van der Waals surface area contributed by atoms with E-state index in [-0.39, 0.29) is 11.9 Å². The molecule has 2 unspecified atom stereocenters. The van der Waals surface area contributed by atoms with E-state index in [4.69, 9.17) is 9.47 Å². The van der Waals surface area contributed by atoms with Crippen LogP contribution in [0, 0.1) is 5.92 Å². The van der Waals surface area contributed by atoms with E-state index in [0.29, 0.717) is 12.3 Å². The summed E-state index contributed by atoms with van der Waals surface area (Å²) < 4.78 is 10.8. The van der Waals surface area contributed by atoms with Crippen LogP contribution in [0.5, 0.6) is 11.5 Å². The molecule has 1 amide bonds. The number of ether oxygens (including phenoxy) is 2. The van der Waals surface area contributed by atoms with E-state index in [1.54, 1.807) is 14.2 Å². The van der Waals surface area contributed by atoms with Crippen LogP contribution in [0.15, 0.2) is 18.2 Å². The van der Waals surface area contributed by atoms with Gasteiger partial charge in [0.1, 0.15) is 11.5 Å². The van der Waals surface area contributed by atoms with Gasteiger partial charge in [-0.05, 0) is 24.5 Å². The Kier molecular flexibility index (Phi) is 3.75. The average Bonchev–Trinajstić information content (AvgIpc) is 2.36. The third-order valence-corrected chi connectivity index (χ3v) is 3.32. The molecule has 1 aliphatic rings. The molecule has 1 saturated heterocycles. The number of benzene rings is 1. The minimum atomic E-state index is -0.0349. The van der Waals surface area contributed by atoms with Crippen LogP contribution in [0.3, 0.4) is 0 Å². The normalized spacial score (nSPS) is 23.4. The maximum Gasteiger partial charge on any atom is 0.220 e. The number of nitrogens with one attached hydrogen (secondary N) is 1. The van der Waals surface area contributed by atoms with Crippen molar-refractivity contribution in [1.82, 2.24) is 5.32 Å². The first-order valence-electron chi connectivity index (χ1n) is 6.16. The van der Waals surface area contributed by atoms with Gasteiger partial charge >= 0.3 is 0 Å². The summed E-state index contributed by atoms with van der Waals surface area (Å²) in [5.41, 5.74) is 0.933. The Morgan fingerprint density at radius 3 is 2.33 bits per heavy atom. The van der Waals surface area contributed by atoms with E-state index >= 15 is 0 Å². The maximum atomic E-state index is 11.7. The number of amides is 1. The van der Waals surface area contributed by atoms with E-state index in [1.165, 1.54) is 0 Å². The Hall–Kier alpha value is -1.71. The molecule has 2 rings (SSSR count). The lowest BCUT2D eigenvalue weighted by Gasteiger charge is -2.30. The highest BCUT2D eigenvalue weighted by Crippen LogP contribution is 2.38. The Morgan fingerprint density at radius 1 is 1.22 bits per heavy atom. The van der Waals surface area contributed by atoms with Crippen molar-refractivity contribution in [2.45, 2.75) is 25.8 Å². The summed E-state index contributed by atoms with van der Waals surface area (Å²) in [5, 5.41) is 3.01. The van der Waals surface area contributed by atoms with Gasteiger partial charge < -0.3 is 14.8 Å². The number of carbonyl (C=O) groups excluding carboxylic acids is 1. The molecule has 2 atom stereocenters. The number of hydrogen-bond acceptors (Lipinski definition) is 3. The fourth-order valence-corrected chi connectivity index (χ4v) is 2.53. The Bertz CT molecular complexity index is 422. The topological polar surface area (TPSA) is 47.6 Å². The molecule has 0 radical (unpaired) electrons. The second-order valence-corrected chi connectivity index (χ2v) is 4.74. The SMILES string of the molecule is COc1cccc(OC)c1C1CC(C)CC(=O)N1. The van der Waals surface area contributed by atoms with Crippen LogP contribution in [0.2, 0.25) is 0 Å². The Labute approximate surface area is 107 Å². The van der Waals surface area contributed by atoms with Crippen molar-refractivity contribution in [2.24, 2.45) is 5.92 Å². The van der Waals surface area contributed by atoms with E-state index in [0.717, 1.165) is 23.5 Å². The third-order valence-electron chi connectivity index (χ3n) is 3.32. The molecule has 0 saturated carbocycles. The molecule has 1 aromatic rings. The zero-order valence-electron chi connectivity index (χ0n) is 11.0. The van der Waals surface area contributed by atoms with Crippen molar-refractivity contribution in [2.75, 3.05) is 14.2 Å². The minimum absolute atomic E-state index is 0.0349. The number of carbonyl (C=O) groups is 1. The molecule has 1 N–H and O–H groups in total. The van der Waals surface area contributed by atoms with Crippen LogP contribution < -0.4 is 14.8 Å². The van der Waals surface area contributed by atoms with Gasteiger partial charge in [0, 0.05) is 6.42 Å². The van der Waals surface area contributed by atoms with Crippen molar-refractivity contribution in [3.05, 3.63) is 23.8 Å². The van der Waals surface area contributed by atoms with E-state index in [1.807, 2.05) is 18.2 Å². The third kappa shape index (κ3) is 2.42. The minimum Gasteiger partial charge on any atom is -0.496 e. The van der Waals surface area contributed by atoms with Crippen LogP contribution >= 0.6 is 0 Å². The number of hydrogen-bond donors (Lipinski definition) is 1. The first-order valence-corrected chi connectivity index (χ1v) is 6.16. The molecule has 4 heteroatoms. The monoisotopic (exact) mass is 249 g/mol. The van der Waals surface area contributed by atoms with Gasteiger partial charge in [0.15, 0.2) is 0 Å². The lowest BCUT2D eigenvalue weighted by molar-refractivity contribution is -0.124. The highest BCUT2D eigenvalue weighted by Gasteiger charge is 2.29. The first-order chi connectivity index (χ1) is 8.65. The lowest BCUT2D eigenvalue weighted by Crippen LogP contribution is -2.36. The predicted octanol–water partition coefficient (Wildman–Crippen LogP) is 2.29. The largest absolute Gasteiger partial charge is 0.496 e. The summed E-state index contributed by atoms with van der Waals surface area (Å²) in [6.07, 6.45) is 1.50. The highest BCUT2D eigenvalue weighted by molar-refractivity contribution is 5.78. The number of methoxy groups -OCH3 is 2. The summed E-state index contributed by atoms with van der Waals surface area (Å²) in [6, 6.07) is 5.63. The fourth-order valence-electron chi connectivity index (χ4n) is 2.53. The van der Waals surface area contributed by atoms with Crippen LogP contribution in [0.1, 0.15) is 31.4 Å². The molecule has 1 fully saturated rings. The number of rotatable bonds is 3. The van der Waals surface area contributed by atoms with Crippen LogP contribution in [-0.4, -0.2) is 20.1 Å². The molecule has 0 spiro atoms. The molecule has 18 heavy (non-hydrogen) atoms. The van der Waals surface area contributed by atoms with Gasteiger partial charge in [-0.3, -0.25) is 4.79 Å². The average molecular weight is 249 g/mol. The summed E-state index contributed by atoms with van der Waals surface area (Å²) in [6.45, 7) is 2.09. The van der Waals surface area contributed by atoms with Gasteiger partial charge in [-0.1, -0.05) is 13.0 Å². The second-order valence-electron chi connectivity index (χ2n) is 4.74. The van der Waals surface area contributed by atoms with E-state index in [2.05, 4.69) is 12.2 Å². The van der Waals surface area contributed by atoms with Gasteiger partial charge in [-0.15, -0.1) is 0 Å². The Balaban J connectivity index is 2.39.